The highest BCUT2D eigenvalue weighted by Crippen LogP contribution is 2.25. The van der Waals surface area contributed by atoms with Crippen molar-refractivity contribution in [1.29, 1.82) is 0 Å². The van der Waals surface area contributed by atoms with Gasteiger partial charge in [0.2, 0.25) is 5.91 Å². The predicted molar refractivity (Wildman–Crippen MR) is 68.8 cm³/mol. The van der Waals surface area contributed by atoms with E-state index >= 15 is 0 Å². The van der Waals surface area contributed by atoms with Crippen LogP contribution < -0.4 is 5.32 Å². The van der Waals surface area contributed by atoms with E-state index in [9.17, 15) is 4.79 Å². The summed E-state index contributed by atoms with van der Waals surface area (Å²) in [5.41, 5.74) is 0. The third-order valence-electron chi connectivity index (χ3n) is 3.30. The van der Waals surface area contributed by atoms with Gasteiger partial charge in [-0.15, -0.1) is 11.6 Å². The number of hydrogen-bond acceptors (Lipinski definition) is 1. The van der Waals surface area contributed by atoms with Crippen molar-refractivity contribution in [3.05, 3.63) is 0 Å². The molecule has 1 atom stereocenters. The number of hydrogen-bond donors (Lipinski definition) is 1. The quantitative estimate of drug-likeness (QED) is 0.563. The number of rotatable bonds is 6. The zero-order chi connectivity index (χ0) is 11.8. The Bertz CT molecular complexity index is 200. The highest BCUT2D eigenvalue weighted by Gasteiger charge is 2.16. The third kappa shape index (κ3) is 6.37. The lowest BCUT2D eigenvalue weighted by Gasteiger charge is -2.20. The largest absolute Gasteiger partial charge is 0.356 e. The first-order valence-electron chi connectivity index (χ1n) is 6.59. The smallest absolute Gasteiger partial charge is 0.220 e. The molecule has 3 heteroatoms. The van der Waals surface area contributed by atoms with Crippen molar-refractivity contribution in [3.8, 4) is 0 Å². The molecular formula is C13H24ClNO. The van der Waals surface area contributed by atoms with Crippen LogP contribution in [-0.2, 0) is 4.79 Å². The lowest BCUT2D eigenvalue weighted by Crippen LogP contribution is -2.27. The van der Waals surface area contributed by atoms with Crippen molar-refractivity contribution in [2.24, 2.45) is 5.92 Å². The average Bonchev–Trinajstić information content (AvgIpc) is 2.25. The third-order valence-corrected chi connectivity index (χ3v) is 3.52. The summed E-state index contributed by atoms with van der Waals surface area (Å²) in [5.74, 6) is 0.870. The van der Waals surface area contributed by atoms with Gasteiger partial charge >= 0.3 is 0 Å². The minimum Gasteiger partial charge on any atom is -0.356 e. The minimum absolute atomic E-state index is 0.218. The van der Waals surface area contributed by atoms with Gasteiger partial charge in [-0.05, 0) is 38.5 Å². The number of carbonyl (C=O) groups excluding carboxylic acids is 1. The molecule has 0 saturated heterocycles. The molecule has 0 aliphatic heterocycles. The molecule has 0 radical (unpaired) electrons. The van der Waals surface area contributed by atoms with Crippen molar-refractivity contribution in [1.82, 2.24) is 5.32 Å². The standard InChI is InChI=1S/C13H24ClNO/c1-11(14)6-5-9-15-13(16)10-12-7-3-2-4-8-12/h11-12H,2-10H2,1H3,(H,15,16). The number of amides is 1. The molecule has 1 rings (SSSR count). The molecule has 1 saturated carbocycles. The Morgan fingerprint density at radius 3 is 2.69 bits per heavy atom. The van der Waals surface area contributed by atoms with Gasteiger partial charge < -0.3 is 5.32 Å². The fourth-order valence-electron chi connectivity index (χ4n) is 2.34. The number of alkyl halides is 1. The van der Waals surface area contributed by atoms with Crippen molar-refractivity contribution in [2.75, 3.05) is 6.54 Å². The summed E-state index contributed by atoms with van der Waals surface area (Å²) < 4.78 is 0. The lowest BCUT2D eigenvalue weighted by atomic mass is 9.87. The van der Waals surface area contributed by atoms with Crippen molar-refractivity contribution in [3.63, 3.8) is 0 Å². The molecule has 0 aromatic rings. The monoisotopic (exact) mass is 245 g/mol. The molecule has 2 nitrogen and oxygen atoms in total. The fraction of sp³-hybridized carbons (Fsp3) is 0.923. The van der Waals surface area contributed by atoms with Crippen molar-refractivity contribution in [2.45, 2.75) is 63.7 Å². The molecule has 0 aromatic carbocycles. The Balaban J connectivity index is 2.01. The summed E-state index contributed by atoms with van der Waals surface area (Å²) in [7, 11) is 0. The maximum absolute atomic E-state index is 11.6. The van der Waals surface area contributed by atoms with Gasteiger partial charge in [-0.2, -0.15) is 0 Å². The van der Waals surface area contributed by atoms with E-state index in [1.165, 1.54) is 32.1 Å². The van der Waals surface area contributed by atoms with Crippen LogP contribution in [0.15, 0.2) is 0 Å². The van der Waals surface area contributed by atoms with E-state index in [-0.39, 0.29) is 11.3 Å². The SMILES string of the molecule is CC(Cl)CCCNC(=O)CC1CCCCC1. The normalized spacial score (nSPS) is 19.4. The summed E-state index contributed by atoms with van der Waals surface area (Å²) in [5, 5.41) is 3.21. The first-order valence-corrected chi connectivity index (χ1v) is 7.03. The fourth-order valence-corrected chi connectivity index (χ4v) is 2.49. The van der Waals surface area contributed by atoms with Crippen LogP contribution in [0.2, 0.25) is 0 Å². The van der Waals surface area contributed by atoms with Gasteiger partial charge in [0.15, 0.2) is 0 Å². The minimum atomic E-state index is 0.218. The molecule has 1 unspecified atom stereocenters. The van der Waals surface area contributed by atoms with E-state index in [4.69, 9.17) is 11.6 Å². The van der Waals surface area contributed by atoms with Gasteiger partial charge in [0.25, 0.3) is 0 Å². The van der Waals surface area contributed by atoms with Gasteiger partial charge in [0.1, 0.15) is 0 Å². The Hall–Kier alpha value is -0.240. The van der Waals surface area contributed by atoms with Crippen LogP contribution in [0.3, 0.4) is 0 Å². The van der Waals surface area contributed by atoms with Crippen LogP contribution in [0.1, 0.15) is 58.3 Å². The Morgan fingerprint density at radius 1 is 1.38 bits per heavy atom. The van der Waals surface area contributed by atoms with Gasteiger partial charge in [0, 0.05) is 18.3 Å². The second-order valence-corrected chi connectivity index (χ2v) is 5.73. The summed E-state index contributed by atoms with van der Waals surface area (Å²) in [6.45, 7) is 2.77. The number of nitrogens with one attached hydrogen (secondary N) is 1. The molecule has 1 amide bonds. The zero-order valence-corrected chi connectivity index (χ0v) is 11.1. The molecule has 0 aromatic heterocycles. The van der Waals surface area contributed by atoms with Crippen LogP contribution in [0.5, 0.6) is 0 Å². The van der Waals surface area contributed by atoms with Crippen LogP contribution in [0.4, 0.5) is 0 Å². The highest BCUT2D eigenvalue weighted by atomic mass is 35.5. The summed E-state index contributed by atoms with van der Waals surface area (Å²) in [4.78, 5) is 11.6. The van der Waals surface area contributed by atoms with Crippen molar-refractivity contribution < 1.29 is 4.79 Å². The summed E-state index contributed by atoms with van der Waals surface area (Å²) in [6, 6.07) is 0. The maximum Gasteiger partial charge on any atom is 0.220 e. The van der Waals surface area contributed by atoms with Crippen LogP contribution in [0.25, 0.3) is 0 Å². The molecule has 0 spiro atoms. The Labute approximate surface area is 104 Å². The second kappa shape index (κ2) is 7.94. The molecule has 0 bridgehead atoms. The number of carbonyl (C=O) groups is 1. The van der Waals surface area contributed by atoms with Gasteiger partial charge in [-0.25, -0.2) is 0 Å². The molecule has 1 fully saturated rings. The number of halogens is 1. The topological polar surface area (TPSA) is 29.1 Å². The first kappa shape index (κ1) is 13.8. The summed E-state index contributed by atoms with van der Waals surface area (Å²) in [6.07, 6.45) is 9.15. The molecule has 0 heterocycles. The van der Waals surface area contributed by atoms with E-state index in [2.05, 4.69) is 5.32 Å². The van der Waals surface area contributed by atoms with E-state index < -0.39 is 0 Å². The van der Waals surface area contributed by atoms with E-state index in [0.29, 0.717) is 5.92 Å². The predicted octanol–water partition coefficient (Wildman–Crippen LogP) is 3.48. The highest BCUT2D eigenvalue weighted by molar-refractivity contribution is 6.20. The van der Waals surface area contributed by atoms with E-state index in [0.717, 1.165) is 25.8 Å². The van der Waals surface area contributed by atoms with Gasteiger partial charge in [-0.1, -0.05) is 19.3 Å². The molecule has 1 N–H and O–H groups in total. The van der Waals surface area contributed by atoms with Gasteiger partial charge in [-0.3, -0.25) is 4.79 Å². The molecule has 1 aliphatic rings. The van der Waals surface area contributed by atoms with E-state index in [1.54, 1.807) is 0 Å². The zero-order valence-electron chi connectivity index (χ0n) is 10.3. The van der Waals surface area contributed by atoms with Gasteiger partial charge in [0.05, 0.1) is 0 Å². The molecule has 1 aliphatic carbocycles. The van der Waals surface area contributed by atoms with Crippen LogP contribution >= 0.6 is 11.6 Å². The molecular weight excluding hydrogens is 222 g/mol. The molecule has 94 valence electrons. The first-order chi connectivity index (χ1) is 7.68. The van der Waals surface area contributed by atoms with E-state index in [1.807, 2.05) is 6.92 Å². The Kier molecular flexibility index (Phi) is 6.86. The summed E-state index contributed by atoms with van der Waals surface area (Å²) >= 11 is 5.84. The molecule has 16 heavy (non-hydrogen) atoms. The lowest BCUT2D eigenvalue weighted by molar-refractivity contribution is -0.122. The van der Waals surface area contributed by atoms with Crippen molar-refractivity contribution >= 4 is 17.5 Å². The second-order valence-electron chi connectivity index (χ2n) is 4.98. The Morgan fingerprint density at radius 2 is 2.06 bits per heavy atom. The maximum atomic E-state index is 11.6. The van der Waals surface area contributed by atoms with Crippen LogP contribution in [0, 0.1) is 5.92 Å². The van der Waals surface area contributed by atoms with Crippen LogP contribution in [-0.4, -0.2) is 17.8 Å². The average molecular weight is 246 g/mol.